The minimum Gasteiger partial charge on any atom is -0.493 e. The molecule has 0 aliphatic carbocycles. The van der Waals surface area contributed by atoms with Crippen LogP contribution in [-0.2, 0) is 0 Å². The van der Waals surface area contributed by atoms with E-state index >= 15 is 0 Å². The van der Waals surface area contributed by atoms with E-state index < -0.39 is 4.92 Å². The van der Waals surface area contributed by atoms with Gasteiger partial charge in [0.1, 0.15) is 0 Å². The van der Waals surface area contributed by atoms with Crippen LogP contribution in [0.2, 0.25) is 0 Å². The topological polar surface area (TPSA) is 81.9 Å². The number of carbonyl (C=O) groups is 1. The average Bonchev–Trinajstić information content (AvgIpc) is 3.16. The Morgan fingerprint density at radius 3 is 2.42 bits per heavy atom. The molecule has 7 heteroatoms. The predicted molar refractivity (Wildman–Crippen MR) is 95.7 cm³/mol. The molecule has 0 N–H and O–H groups in total. The van der Waals surface area contributed by atoms with Crippen LogP contribution in [0.25, 0.3) is 0 Å². The van der Waals surface area contributed by atoms with E-state index in [1.807, 2.05) is 23.1 Å². The van der Waals surface area contributed by atoms with Gasteiger partial charge in [0.25, 0.3) is 11.6 Å². The van der Waals surface area contributed by atoms with Crippen molar-refractivity contribution < 1.29 is 19.2 Å². The van der Waals surface area contributed by atoms with Gasteiger partial charge in [-0.25, -0.2) is 0 Å². The number of benzene rings is 2. The molecule has 2 aromatic rings. The van der Waals surface area contributed by atoms with E-state index in [0.29, 0.717) is 23.6 Å². The highest BCUT2D eigenvalue weighted by molar-refractivity contribution is 5.95. The van der Waals surface area contributed by atoms with Crippen LogP contribution in [0.15, 0.2) is 42.5 Å². The Morgan fingerprint density at radius 1 is 1.12 bits per heavy atom. The highest BCUT2D eigenvalue weighted by atomic mass is 16.6. The summed E-state index contributed by atoms with van der Waals surface area (Å²) in [6.45, 7) is 0.648. The van der Waals surface area contributed by atoms with Crippen molar-refractivity contribution >= 4 is 11.6 Å². The fourth-order valence-electron chi connectivity index (χ4n) is 3.31. The first-order chi connectivity index (χ1) is 12.5. The van der Waals surface area contributed by atoms with E-state index in [9.17, 15) is 14.9 Å². The molecule has 1 amide bonds. The molecular formula is C19H20N2O5. The molecule has 3 rings (SSSR count). The van der Waals surface area contributed by atoms with Gasteiger partial charge in [-0.2, -0.15) is 0 Å². The lowest BCUT2D eigenvalue weighted by atomic mass is 10.0. The average molecular weight is 356 g/mol. The van der Waals surface area contributed by atoms with E-state index in [1.165, 1.54) is 24.3 Å². The smallest absolute Gasteiger partial charge is 0.269 e. The summed E-state index contributed by atoms with van der Waals surface area (Å²) in [7, 11) is 3.16. The molecule has 1 atom stereocenters. The molecule has 0 bridgehead atoms. The minimum atomic E-state index is -0.476. The number of nitrogens with zero attached hydrogens (tertiary/aromatic N) is 2. The molecule has 1 aliphatic rings. The normalized spacial score (nSPS) is 16.4. The van der Waals surface area contributed by atoms with Crippen molar-refractivity contribution in [3.05, 3.63) is 63.7 Å². The van der Waals surface area contributed by atoms with Gasteiger partial charge < -0.3 is 14.4 Å². The number of hydrogen-bond donors (Lipinski definition) is 0. The van der Waals surface area contributed by atoms with Crippen LogP contribution in [0.1, 0.15) is 34.8 Å². The molecular weight excluding hydrogens is 336 g/mol. The first-order valence-corrected chi connectivity index (χ1v) is 8.32. The highest BCUT2D eigenvalue weighted by Gasteiger charge is 2.31. The third-order valence-electron chi connectivity index (χ3n) is 4.63. The molecule has 0 spiro atoms. The van der Waals surface area contributed by atoms with Crippen molar-refractivity contribution in [1.82, 2.24) is 4.90 Å². The van der Waals surface area contributed by atoms with E-state index in [1.54, 1.807) is 14.2 Å². The number of rotatable bonds is 5. The maximum absolute atomic E-state index is 12.9. The lowest BCUT2D eigenvalue weighted by Gasteiger charge is -2.26. The fraction of sp³-hybridized carbons (Fsp3) is 0.316. The zero-order chi connectivity index (χ0) is 18.7. The second-order valence-corrected chi connectivity index (χ2v) is 6.07. The second-order valence-electron chi connectivity index (χ2n) is 6.07. The van der Waals surface area contributed by atoms with Crippen molar-refractivity contribution in [2.45, 2.75) is 18.9 Å². The molecule has 26 heavy (non-hydrogen) atoms. The number of hydrogen-bond acceptors (Lipinski definition) is 5. The third kappa shape index (κ3) is 3.33. The van der Waals surface area contributed by atoms with Crippen molar-refractivity contribution in [2.24, 2.45) is 0 Å². The molecule has 0 aromatic heterocycles. The summed E-state index contributed by atoms with van der Waals surface area (Å²) in [6, 6.07) is 11.3. The van der Waals surface area contributed by atoms with Crippen molar-refractivity contribution in [1.29, 1.82) is 0 Å². The number of non-ortho nitro benzene ring substituents is 1. The number of carbonyl (C=O) groups excluding carboxylic acids is 1. The van der Waals surface area contributed by atoms with Crippen molar-refractivity contribution in [3.8, 4) is 11.5 Å². The summed E-state index contributed by atoms with van der Waals surface area (Å²) in [6.07, 6.45) is 1.76. The minimum absolute atomic E-state index is 0.0283. The van der Waals surface area contributed by atoms with Gasteiger partial charge in [-0.05, 0) is 42.7 Å². The number of nitro benzene ring substituents is 1. The molecule has 0 radical (unpaired) electrons. The van der Waals surface area contributed by atoms with Crippen LogP contribution in [0, 0.1) is 10.1 Å². The Balaban J connectivity index is 1.85. The Hall–Kier alpha value is -3.09. The number of methoxy groups -OCH3 is 2. The molecule has 7 nitrogen and oxygen atoms in total. The SMILES string of the molecule is COc1ccc(C2CCCN2C(=O)c2ccc([N+](=O)[O-])cc2)cc1OC. The molecule has 1 aliphatic heterocycles. The number of ether oxygens (including phenoxy) is 2. The molecule has 1 heterocycles. The van der Waals surface area contributed by atoms with Gasteiger partial charge >= 0.3 is 0 Å². The maximum atomic E-state index is 12.9. The summed E-state index contributed by atoms with van der Waals surface area (Å²) in [5.74, 6) is 1.14. The van der Waals surface area contributed by atoms with Crippen LogP contribution in [0.3, 0.4) is 0 Å². The van der Waals surface area contributed by atoms with Gasteiger partial charge in [-0.15, -0.1) is 0 Å². The molecule has 1 saturated heterocycles. The van der Waals surface area contributed by atoms with Crippen molar-refractivity contribution in [3.63, 3.8) is 0 Å². The summed E-state index contributed by atoms with van der Waals surface area (Å²) in [4.78, 5) is 25.0. The molecule has 1 fully saturated rings. The largest absolute Gasteiger partial charge is 0.493 e. The first-order valence-electron chi connectivity index (χ1n) is 8.32. The monoisotopic (exact) mass is 356 g/mol. The lowest BCUT2D eigenvalue weighted by Crippen LogP contribution is -2.30. The Morgan fingerprint density at radius 2 is 1.81 bits per heavy atom. The number of amides is 1. The lowest BCUT2D eigenvalue weighted by molar-refractivity contribution is -0.384. The highest BCUT2D eigenvalue weighted by Crippen LogP contribution is 2.37. The summed E-state index contributed by atoms with van der Waals surface area (Å²) in [5, 5.41) is 10.8. The van der Waals surface area contributed by atoms with E-state index in [0.717, 1.165) is 18.4 Å². The van der Waals surface area contributed by atoms with Crippen LogP contribution in [0.4, 0.5) is 5.69 Å². The van der Waals surface area contributed by atoms with E-state index in [-0.39, 0.29) is 17.6 Å². The van der Waals surface area contributed by atoms with E-state index in [4.69, 9.17) is 9.47 Å². The summed E-state index contributed by atoms with van der Waals surface area (Å²) in [5.41, 5.74) is 1.40. The van der Waals surface area contributed by atoms with Crippen LogP contribution >= 0.6 is 0 Å². The van der Waals surface area contributed by atoms with Crippen molar-refractivity contribution in [2.75, 3.05) is 20.8 Å². The van der Waals surface area contributed by atoms with Gasteiger partial charge in [0.2, 0.25) is 0 Å². The van der Waals surface area contributed by atoms with Gasteiger partial charge in [-0.1, -0.05) is 6.07 Å². The standard InChI is InChI=1S/C19H20N2O5/c1-25-17-10-7-14(12-18(17)26-2)16-4-3-11-20(16)19(22)13-5-8-15(9-6-13)21(23)24/h5-10,12,16H,3-4,11H2,1-2H3. The maximum Gasteiger partial charge on any atom is 0.269 e. The van der Waals surface area contributed by atoms with E-state index in [2.05, 4.69) is 0 Å². The predicted octanol–water partition coefficient (Wildman–Crippen LogP) is 3.59. The summed E-state index contributed by atoms with van der Waals surface area (Å²) >= 11 is 0. The number of nitro groups is 1. The molecule has 136 valence electrons. The Labute approximate surface area is 151 Å². The van der Waals surface area contributed by atoms with Crippen LogP contribution in [0.5, 0.6) is 11.5 Å². The van der Waals surface area contributed by atoms with Crippen LogP contribution < -0.4 is 9.47 Å². The van der Waals surface area contributed by atoms with Crippen LogP contribution in [-0.4, -0.2) is 36.5 Å². The second kappa shape index (κ2) is 7.43. The molecule has 2 aromatic carbocycles. The van der Waals surface area contributed by atoms with Gasteiger partial charge in [0, 0.05) is 24.2 Å². The summed E-state index contributed by atoms with van der Waals surface area (Å²) < 4.78 is 10.6. The molecule has 1 unspecified atom stereocenters. The van der Waals surface area contributed by atoms with Gasteiger partial charge in [-0.3, -0.25) is 14.9 Å². The Bertz CT molecular complexity index is 819. The first kappa shape index (κ1) is 17.7. The fourth-order valence-corrected chi connectivity index (χ4v) is 3.31. The number of likely N-dealkylation sites (tertiary alicyclic amines) is 1. The van der Waals surface area contributed by atoms with Gasteiger partial charge in [0.15, 0.2) is 11.5 Å². The zero-order valence-corrected chi connectivity index (χ0v) is 14.7. The molecule has 0 saturated carbocycles. The third-order valence-corrected chi connectivity index (χ3v) is 4.63. The van der Waals surface area contributed by atoms with Gasteiger partial charge in [0.05, 0.1) is 25.2 Å². The Kier molecular flexibility index (Phi) is 5.06. The zero-order valence-electron chi connectivity index (χ0n) is 14.7. The quantitative estimate of drug-likeness (QED) is 0.604.